The Bertz CT molecular complexity index is 554. The highest BCUT2D eigenvalue weighted by molar-refractivity contribution is 7.90. The molecule has 0 aliphatic carbocycles. The van der Waals surface area contributed by atoms with Crippen LogP contribution >= 0.6 is 0 Å². The molecule has 0 radical (unpaired) electrons. The van der Waals surface area contributed by atoms with Crippen molar-refractivity contribution >= 4 is 21.2 Å². The van der Waals surface area contributed by atoms with E-state index in [9.17, 15) is 18.5 Å². The van der Waals surface area contributed by atoms with Crippen molar-refractivity contribution in [2.45, 2.75) is 17.9 Å². The molecule has 1 unspecified atom stereocenters. The minimum absolute atomic E-state index is 0.0828. The molecule has 7 nitrogen and oxygen atoms in total. The number of nitrogens with two attached hydrogens (primary N) is 1. The Labute approximate surface area is 105 Å². The van der Waals surface area contributed by atoms with Gasteiger partial charge in [0.05, 0.1) is 9.82 Å². The lowest BCUT2D eigenvalue weighted by atomic mass is 10.2. The molecule has 8 heteroatoms. The van der Waals surface area contributed by atoms with Gasteiger partial charge in [0, 0.05) is 24.9 Å². The van der Waals surface area contributed by atoms with Gasteiger partial charge in [-0.3, -0.25) is 10.1 Å². The van der Waals surface area contributed by atoms with Crippen LogP contribution in [-0.2, 0) is 9.84 Å². The molecule has 0 aromatic heterocycles. The molecule has 0 saturated heterocycles. The number of nitrogens with zero attached hydrogens (tertiary/aromatic N) is 1. The Balaban J connectivity index is 3.17. The number of hydrogen-bond acceptors (Lipinski definition) is 6. The highest BCUT2D eigenvalue weighted by Gasteiger charge is 2.18. The molecular weight excluding hydrogens is 258 g/mol. The molecule has 0 aliphatic heterocycles. The quantitative estimate of drug-likeness (QED) is 0.604. The lowest BCUT2D eigenvalue weighted by molar-refractivity contribution is -0.384. The summed E-state index contributed by atoms with van der Waals surface area (Å²) in [6, 6.07) is 3.57. The third-order valence-corrected chi connectivity index (χ3v) is 3.32. The summed E-state index contributed by atoms with van der Waals surface area (Å²) in [5, 5.41) is 13.7. The first-order valence-corrected chi connectivity index (χ1v) is 7.09. The van der Waals surface area contributed by atoms with E-state index in [1.807, 2.05) is 0 Å². The Hall–Kier alpha value is -1.67. The van der Waals surface area contributed by atoms with E-state index in [0.717, 1.165) is 12.3 Å². The molecule has 0 aliphatic rings. The number of hydrogen-bond donors (Lipinski definition) is 2. The first-order chi connectivity index (χ1) is 8.21. The van der Waals surface area contributed by atoms with Crippen molar-refractivity contribution in [2.24, 2.45) is 5.73 Å². The number of sulfone groups is 1. The summed E-state index contributed by atoms with van der Waals surface area (Å²) in [4.78, 5) is 10.2. The lowest BCUT2D eigenvalue weighted by Crippen LogP contribution is -2.25. The van der Waals surface area contributed by atoms with Gasteiger partial charge in [-0.05, 0) is 19.1 Å². The van der Waals surface area contributed by atoms with Gasteiger partial charge in [0.25, 0.3) is 5.69 Å². The van der Waals surface area contributed by atoms with Crippen molar-refractivity contribution in [3.8, 4) is 0 Å². The normalized spacial score (nSPS) is 13.1. The van der Waals surface area contributed by atoms with E-state index in [1.54, 1.807) is 6.92 Å². The molecule has 0 saturated carbocycles. The topological polar surface area (TPSA) is 115 Å². The van der Waals surface area contributed by atoms with Crippen molar-refractivity contribution in [3.05, 3.63) is 28.3 Å². The predicted molar refractivity (Wildman–Crippen MR) is 68.3 cm³/mol. The summed E-state index contributed by atoms with van der Waals surface area (Å²) in [6.07, 6.45) is 1.00. The summed E-state index contributed by atoms with van der Waals surface area (Å²) >= 11 is 0. The van der Waals surface area contributed by atoms with Crippen molar-refractivity contribution in [1.29, 1.82) is 0 Å². The molecule has 0 amide bonds. The van der Waals surface area contributed by atoms with Crippen LogP contribution < -0.4 is 11.1 Å². The molecule has 0 heterocycles. The molecule has 18 heavy (non-hydrogen) atoms. The zero-order valence-electron chi connectivity index (χ0n) is 10.1. The fourth-order valence-electron chi connectivity index (χ4n) is 1.31. The molecule has 1 aromatic carbocycles. The maximum atomic E-state index is 11.3. The molecule has 1 aromatic rings. The molecular formula is C10H15N3O4S. The van der Waals surface area contributed by atoms with Crippen LogP contribution in [0.2, 0.25) is 0 Å². The summed E-state index contributed by atoms with van der Waals surface area (Å²) in [7, 11) is -3.46. The molecule has 100 valence electrons. The van der Waals surface area contributed by atoms with Crippen molar-refractivity contribution in [1.82, 2.24) is 0 Å². The Morgan fingerprint density at radius 2 is 2.11 bits per heavy atom. The summed E-state index contributed by atoms with van der Waals surface area (Å²) < 4.78 is 22.6. The van der Waals surface area contributed by atoms with Crippen LogP contribution in [0.4, 0.5) is 11.4 Å². The maximum absolute atomic E-state index is 11.3. The van der Waals surface area contributed by atoms with Crippen molar-refractivity contribution in [2.75, 3.05) is 18.1 Å². The van der Waals surface area contributed by atoms with E-state index >= 15 is 0 Å². The Morgan fingerprint density at radius 3 is 2.56 bits per heavy atom. The largest absolute Gasteiger partial charge is 0.378 e. The third-order valence-electron chi connectivity index (χ3n) is 2.21. The van der Waals surface area contributed by atoms with E-state index in [2.05, 4.69) is 5.32 Å². The van der Waals surface area contributed by atoms with Gasteiger partial charge in [0.15, 0.2) is 9.84 Å². The van der Waals surface area contributed by atoms with Gasteiger partial charge in [-0.1, -0.05) is 0 Å². The van der Waals surface area contributed by atoms with Gasteiger partial charge in [0.1, 0.15) is 5.69 Å². The lowest BCUT2D eigenvalue weighted by Gasteiger charge is -2.10. The first kappa shape index (κ1) is 14.4. The highest BCUT2D eigenvalue weighted by atomic mass is 32.2. The van der Waals surface area contributed by atoms with Crippen LogP contribution in [0.1, 0.15) is 6.92 Å². The molecule has 0 bridgehead atoms. The second kappa shape index (κ2) is 5.32. The molecule has 0 spiro atoms. The van der Waals surface area contributed by atoms with Gasteiger partial charge in [0.2, 0.25) is 0 Å². The van der Waals surface area contributed by atoms with E-state index in [-0.39, 0.29) is 22.3 Å². The Kier molecular flexibility index (Phi) is 4.25. The number of nitro benzene ring substituents is 1. The number of nitrogens with one attached hydrogen (secondary N) is 1. The fourth-order valence-corrected chi connectivity index (χ4v) is 1.95. The van der Waals surface area contributed by atoms with Gasteiger partial charge < -0.3 is 11.1 Å². The Morgan fingerprint density at radius 1 is 1.50 bits per heavy atom. The van der Waals surface area contributed by atoms with Crippen LogP contribution in [-0.4, -0.2) is 32.2 Å². The zero-order valence-corrected chi connectivity index (χ0v) is 10.9. The third kappa shape index (κ3) is 3.67. The van der Waals surface area contributed by atoms with E-state index < -0.39 is 14.8 Å². The monoisotopic (exact) mass is 273 g/mol. The van der Waals surface area contributed by atoms with Crippen molar-refractivity contribution in [3.63, 3.8) is 0 Å². The van der Waals surface area contributed by atoms with E-state index in [0.29, 0.717) is 6.54 Å². The second-order valence-electron chi connectivity index (χ2n) is 4.07. The maximum Gasteiger partial charge on any atom is 0.293 e. The van der Waals surface area contributed by atoms with Crippen LogP contribution in [0, 0.1) is 10.1 Å². The average Bonchev–Trinajstić information content (AvgIpc) is 2.24. The van der Waals surface area contributed by atoms with Crippen molar-refractivity contribution < 1.29 is 13.3 Å². The first-order valence-electron chi connectivity index (χ1n) is 5.19. The summed E-state index contributed by atoms with van der Waals surface area (Å²) in [6.45, 7) is 2.11. The molecule has 1 atom stereocenters. The van der Waals surface area contributed by atoms with Crippen LogP contribution in [0.25, 0.3) is 0 Å². The minimum atomic E-state index is -3.46. The number of benzene rings is 1. The SMILES string of the molecule is CC(N)CNc1ccc(S(C)(=O)=O)cc1[N+](=O)[O-]. The number of anilines is 1. The fraction of sp³-hybridized carbons (Fsp3) is 0.400. The predicted octanol–water partition coefficient (Wildman–Crippen LogP) is 0.757. The van der Waals surface area contributed by atoms with Gasteiger partial charge in [-0.15, -0.1) is 0 Å². The van der Waals surface area contributed by atoms with Gasteiger partial charge in [-0.2, -0.15) is 0 Å². The zero-order chi connectivity index (χ0) is 13.9. The van der Waals surface area contributed by atoms with E-state index in [4.69, 9.17) is 5.73 Å². The van der Waals surface area contributed by atoms with Crippen LogP contribution in [0.5, 0.6) is 0 Å². The molecule has 1 rings (SSSR count). The molecule has 0 fully saturated rings. The summed E-state index contributed by atoms with van der Waals surface area (Å²) in [5.74, 6) is 0. The van der Waals surface area contributed by atoms with Crippen LogP contribution in [0.3, 0.4) is 0 Å². The number of nitro groups is 1. The average molecular weight is 273 g/mol. The minimum Gasteiger partial charge on any atom is -0.378 e. The smallest absolute Gasteiger partial charge is 0.293 e. The second-order valence-corrected chi connectivity index (χ2v) is 6.08. The van der Waals surface area contributed by atoms with Gasteiger partial charge >= 0.3 is 0 Å². The standard InChI is InChI=1S/C10H15N3O4S/c1-7(11)6-12-9-4-3-8(18(2,16)17)5-10(9)13(14)15/h3-5,7,12H,6,11H2,1-2H3. The van der Waals surface area contributed by atoms with E-state index in [1.165, 1.54) is 12.1 Å². The summed E-state index contributed by atoms with van der Waals surface area (Å²) in [5.41, 5.74) is 5.51. The molecule has 3 N–H and O–H groups in total. The van der Waals surface area contributed by atoms with Gasteiger partial charge in [-0.25, -0.2) is 8.42 Å². The highest BCUT2D eigenvalue weighted by Crippen LogP contribution is 2.27. The number of rotatable bonds is 5. The van der Waals surface area contributed by atoms with Crippen LogP contribution in [0.15, 0.2) is 23.1 Å².